The van der Waals surface area contributed by atoms with E-state index >= 15 is 0 Å². The second kappa shape index (κ2) is 7.75. The van der Waals surface area contributed by atoms with Crippen LogP contribution in [-0.2, 0) is 28.6 Å². The second-order valence-electron chi connectivity index (χ2n) is 5.40. The summed E-state index contributed by atoms with van der Waals surface area (Å²) in [6.45, 7) is 4.69. The molecule has 0 unspecified atom stereocenters. The van der Waals surface area contributed by atoms with E-state index in [0.29, 0.717) is 5.01 Å². The Labute approximate surface area is 138 Å². The molecular formula is C14H21N3O7. The normalized spacial score (nSPS) is 23.3. The summed E-state index contributed by atoms with van der Waals surface area (Å²) >= 11 is 0. The van der Waals surface area contributed by atoms with Crippen LogP contribution < -0.4 is 5.73 Å². The Bertz CT molecular complexity index is 573. The molecule has 0 radical (unpaired) electrons. The number of hydrogen-bond donors (Lipinski definition) is 1. The predicted octanol–water partition coefficient (Wildman–Crippen LogP) is -0.345. The van der Waals surface area contributed by atoms with Crippen molar-refractivity contribution >= 4 is 29.7 Å². The highest BCUT2D eigenvalue weighted by Crippen LogP contribution is 2.31. The quantitative estimate of drug-likeness (QED) is 0.544. The Kier molecular flexibility index (Phi) is 6.27. The van der Waals surface area contributed by atoms with E-state index in [9.17, 15) is 19.2 Å². The number of ether oxygens (including phenoxy) is 3. The van der Waals surface area contributed by atoms with Crippen molar-refractivity contribution in [1.29, 1.82) is 0 Å². The molecule has 10 nitrogen and oxygen atoms in total. The molecule has 1 heterocycles. The Morgan fingerprint density at radius 2 is 1.62 bits per heavy atom. The highest BCUT2D eigenvalue weighted by atomic mass is 16.5. The topological polar surface area (TPSA) is 138 Å². The third-order valence-electron chi connectivity index (χ3n) is 3.43. The molecule has 3 atom stereocenters. The molecule has 0 bridgehead atoms. The van der Waals surface area contributed by atoms with Crippen LogP contribution >= 0.6 is 0 Å². The third-order valence-corrected chi connectivity index (χ3v) is 3.43. The molecule has 0 spiro atoms. The number of nitrogens with zero attached hydrogens (tertiary/aromatic N) is 2. The maximum Gasteiger partial charge on any atom is 0.336 e. The van der Waals surface area contributed by atoms with Gasteiger partial charge in [-0.25, -0.2) is 14.6 Å². The molecule has 24 heavy (non-hydrogen) atoms. The number of nitrogens with two attached hydrogens (primary N) is 1. The summed E-state index contributed by atoms with van der Waals surface area (Å²) in [4.78, 5) is 48.3. The highest BCUT2D eigenvalue weighted by molar-refractivity contribution is 6.07. The molecule has 0 aromatic heterocycles. The fourth-order valence-corrected chi connectivity index (χ4v) is 2.47. The van der Waals surface area contributed by atoms with Crippen LogP contribution in [-0.4, -0.2) is 61.0 Å². The summed E-state index contributed by atoms with van der Waals surface area (Å²) in [6, 6.07) is -2.61. The van der Waals surface area contributed by atoms with Crippen molar-refractivity contribution in [3.05, 3.63) is 0 Å². The average molecular weight is 343 g/mol. The monoisotopic (exact) mass is 343 g/mol. The van der Waals surface area contributed by atoms with Crippen molar-refractivity contribution in [2.45, 2.75) is 32.9 Å². The lowest BCUT2D eigenvalue weighted by molar-refractivity contribution is -0.167. The van der Waals surface area contributed by atoms with Crippen LogP contribution in [0.15, 0.2) is 5.10 Å². The number of primary amides is 1. The fourth-order valence-electron chi connectivity index (χ4n) is 2.47. The van der Waals surface area contributed by atoms with E-state index in [1.807, 2.05) is 0 Å². The minimum Gasteiger partial charge on any atom is -0.469 e. The molecule has 0 saturated carbocycles. The number of carbonyl (C=O) groups excluding carboxylic acids is 4. The number of urea groups is 1. The molecule has 0 fully saturated rings. The van der Waals surface area contributed by atoms with Crippen molar-refractivity contribution in [2.24, 2.45) is 22.7 Å². The first kappa shape index (κ1) is 19.4. The summed E-state index contributed by atoms with van der Waals surface area (Å²) in [5.41, 5.74) is 5.31. The van der Waals surface area contributed by atoms with Crippen LogP contribution in [0.2, 0.25) is 0 Å². The molecule has 2 N–H and O–H groups in total. The van der Waals surface area contributed by atoms with Gasteiger partial charge in [0, 0.05) is 0 Å². The van der Waals surface area contributed by atoms with Gasteiger partial charge in [0.05, 0.1) is 26.0 Å². The van der Waals surface area contributed by atoms with E-state index in [2.05, 4.69) is 14.6 Å². The van der Waals surface area contributed by atoms with Crippen molar-refractivity contribution in [2.75, 3.05) is 14.2 Å². The number of rotatable bonds is 4. The summed E-state index contributed by atoms with van der Waals surface area (Å²) in [7, 11) is 2.17. The molecule has 2 amide bonds. The predicted molar refractivity (Wildman–Crippen MR) is 80.6 cm³/mol. The first-order chi connectivity index (χ1) is 11.1. The van der Waals surface area contributed by atoms with Gasteiger partial charge < -0.3 is 19.9 Å². The zero-order valence-corrected chi connectivity index (χ0v) is 14.1. The molecule has 10 heteroatoms. The van der Waals surface area contributed by atoms with Crippen molar-refractivity contribution in [3.63, 3.8) is 0 Å². The van der Waals surface area contributed by atoms with E-state index in [0.717, 1.165) is 14.2 Å². The summed E-state index contributed by atoms with van der Waals surface area (Å²) in [6.07, 6.45) is -0.450. The lowest BCUT2D eigenvalue weighted by atomic mass is 9.81. The van der Waals surface area contributed by atoms with E-state index in [1.165, 1.54) is 6.92 Å². The van der Waals surface area contributed by atoms with Gasteiger partial charge in [-0.05, 0) is 20.8 Å². The third kappa shape index (κ3) is 3.81. The summed E-state index contributed by atoms with van der Waals surface area (Å²) in [5.74, 6) is -5.21. The molecule has 0 aliphatic carbocycles. The molecule has 1 aliphatic heterocycles. The standard InChI is InChI=1S/C14H21N3O7/c1-6(2)24-12(19)8-7(3)16-17(14(15)21)10(13(20)23-5)9(8)11(18)22-4/h6,8-10H,1-5H3,(H2,15,21)/t8-,9+,10+/m0/s1. The van der Waals surface area contributed by atoms with Crippen molar-refractivity contribution in [3.8, 4) is 0 Å². The zero-order valence-electron chi connectivity index (χ0n) is 14.1. The van der Waals surface area contributed by atoms with Crippen LogP contribution in [0.3, 0.4) is 0 Å². The van der Waals surface area contributed by atoms with Crippen LogP contribution in [0.1, 0.15) is 20.8 Å². The number of hydrogen-bond acceptors (Lipinski definition) is 8. The minimum absolute atomic E-state index is 0.0926. The highest BCUT2D eigenvalue weighted by Gasteiger charge is 2.53. The van der Waals surface area contributed by atoms with Gasteiger partial charge in [0.1, 0.15) is 11.8 Å². The molecule has 0 aromatic rings. The molecule has 134 valence electrons. The van der Waals surface area contributed by atoms with Crippen molar-refractivity contribution < 1.29 is 33.4 Å². The fraction of sp³-hybridized carbons (Fsp3) is 0.643. The lowest BCUT2D eigenvalue weighted by Gasteiger charge is -2.37. The van der Waals surface area contributed by atoms with Gasteiger partial charge in [-0.1, -0.05) is 0 Å². The van der Waals surface area contributed by atoms with E-state index in [4.69, 9.17) is 10.5 Å². The summed E-state index contributed by atoms with van der Waals surface area (Å²) < 4.78 is 14.4. The van der Waals surface area contributed by atoms with Crippen LogP contribution in [0.4, 0.5) is 4.79 Å². The maximum absolute atomic E-state index is 12.4. The Hall–Kier alpha value is -2.65. The Balaban J connectivity index is 3.47. The molecule has 0 aromatic carbocycles. The van der Waals surface area contributed by atoms with Gasteiger partial charge in [-0.3, -0.25) is 9.59 Å². The number of carbonyl (C=O) groups is 4. The van der Waals surface area contributed by atoms with Crippen LogP contribution in [0, 0.1) is 11.8 Å². The van der Waals surface area contributed by atoms with Gasteiger partial charge in [0.2, 0.25) is 0 Å². The van der Waals surface area contributed by atoms with E-state index < -0.39 is 47.9 Å². The van der Waals surface area contributed by atoms with Crippen molar-refractivity contribution in [1.82, 2.24) is 5.01 Å². The van der Waals surface area contributed by atoms with Gasteiger partial charge >= 0.3 is 23.9 Å². The number of hydrazone groups is 1. The van der Waals surface area contributed by atoms with Gasteiger partial charge in [-0.2, -0.15) is 5.10 Å². The minimum atomic E-state index is -1.53. The number of amides is 2. The molecular weight excluding hydrogens is 322 g/mol. The van der Waals surface area contributed by atoms with Crippen LogP contribution in [0.5, 0.6) is 0 Å². The van der Waals surface area contributed by atoms with Crippen LogP contribution in [0.25, 0.3) is 0 Å². The second-order valence-corrected chi connectivity index (χ2v) is 5.40. The zero-order chi connectivity index (χ0) is 18.6. The first-order valence-corrected chi connectivity index (χ1v) is 7.15. The number of esters is 3. The average Bonchev–Trinajstić information content (AvgIpc) is 2.51. The smallest absolute Gasteiger partial charge is 0.336 e. The molecule has 1 aliphatic rings. The van der Waals surface area contributed by atoms with Gasteiger partial charge in [0.25, 0.3) is 0 Å². The largest absolute Gasteiger partial charge is 0.469 e. The van der Waals surface area contributed by atoms with Gasteiger partial charge in [0.15, 0.2) is 6.04 Å². The van der Waals surface area contributed by atoms with E-state index in [1.54, 1.807) is 13.8 Å². The maximum atomic E-state index is 12.4. The SMILES string of the molecule is COC(=O)[C@@H]1[C@@H](C(=O)OC(C)C)C(C)=NN(C(N)=O)[C@H]1C(=O)OC. The van der Waals surface area contributed by atoms with E-state index in [-0.39, 0.29) is 5.71 Å². The molecule has 0 saturated heterocycles. The first-order valence-electron chi connectivity index (χ1n) is 7.15. The summed E-state index contributed by atoms with van der Waals surface area (Å²) in [5, 5.41) is 4.49. The lowest BCUT2D eigenvalue weighted by Crippen LogP contribution is -2.59. The Morgan fingerprint density at radius 3 is 2.04 bits per heavy atom. The van der Waals surface area contributed by atoms with Gasteiger partial charge in [-0.15, -0.1) is 0 Å². The number of methoxy groups -OCH3 is 2. The molecule has 1 rings (SSSR count). The Morgan fingerprint density at radius 1 is 1.08 bits per heavy atom.